The molecule has 8 heteroatoms. The van der Waals surface area contributed by atoms with Crippen LogP contribution < -0.4 is 10.2 Å². The molecule has 0 saturated heterocycles. The lowest BCUT2D eigenvalue weighted by Gasteiger charge is -2.11. The maximum absolute atomic E-state index is 11.9. The molecular formula is C11H14N6OS. The smallest absolute Gasteiger partial charge is 0.265 e. The Kier molecular flexibility index (Phi) is 4.00. The summed E-state index contributed by atoms with van der Waals surface area (Å²) in [6, 6.07) is 1.81. The van der Waals surface area contributed by atoms with Crippen molar-refractivity contribution in [3.05, 3.63) is 28.7 Å². The third-order valence-electron chi connectivity index (χ3n) is 2.41. The Labute approximate surface area is 114 Å². The molecule has 0 aliphatic carbocycles. The van der Waals surface area contributed by atoms with Crippen molar-refractivity contribution in [2.24, 2.45) is 0 Å². The third-order valence-corrected chi connectivity index (χ3v) is 3.24. The number of anilines is 1. The summed E-state index contributed by atoms with van der Waals surface area (Å²) in [4.78, 5) is 22.7. The van der Waals surface area contributed by atoms with Gasteiger partial charge in [0.25, 0.3) is 5.91 Å². The molecular weight excluding hydrogens is 264 g/mol. The highest BCUT2D eigenvalue weighted by molar-refractivity contribution is 7.07. The van der Waals surface area contributed by atoms with Gasteiger partial charge < -0.3 is 10.2 Å². The summed E-state index contributed by atoms with van der Waals surface area (Å²) < 4.78 is 3.73. The van der Waals surface area contributed by atoms with Crippen LogP contribution >= 0.6 is 11.5 Å². The Morgan fingerprint density at radius 2 is 2.26 bits per heavy atom. The summed E-state index contributed by atoms with van der Waals surface area (Å²) >= 11 is 1.08. The molecule has 1 N–H and O–H groups in total. The largest absolute Gasteiger partial charge is 0.363 e. The predicted molar refractivity (Wildman–Crippen MR) is 72.2 cm³/mol. The second kappa shape index (κ2) is 5.70. The summed E-state index contributed by atoms with van der Waals surface area (Å²) in [5, 5.41) is 6.56. The molecule has 0 radical (unpaired) electrons. The number of aromatic nitrogens is 4. The average Bonchev–Trinajstić information content (AvgIpc) is 2.82. The van der Waals surface area contributed by atoms with Gasteiger partial charge in [0.05, 0.1) is 12.2 Å². The standard InChI is InChI=1S/C11H14N6OS/c1-7-10(19-16-15-7)11(18)13-6-8-12-5-4-9(14-8)17(2)3/h4-5H,6H2,1-3H3,(H,13,18). The van der Waals surface area contributed by atoms with E-state index < -0.39 is 0 Å². The van der Waals surface area contributed by atoms with Gasteiger partial charge in [-0.25, -0.2) is 9.97 Å². The first-order valence-electron chi connectivity index (χ1n) is 5.64. The third kappa shape index (κ3) is 3.22. The molecule has 7 nitrogen and oxygen atoms in total. The number of carbonyl (C=O) groups is 1. The number of nitrogens with one attached hydrogen (secondary N) is 1. The zero-order valence-electron chi connectivity index (χ0n) is 10.9. The normalized spacial score (nSPS) is 10.3. The number of hydrogen-bond donors (Lipinski definition) is 1. The van der Waals surface area contributed by atoms with E-state index in [4.69, 9.17) is 0 Å². The van der Waals surface area contributed by atoms with Crippen LogP contribution in [0.4, 0.5) is 5.82 Å². The van der Waals surface area contributed by atoms with Crippen molar-refractivity contribution in [2.75, 3.05) is 19.0 Å². The lowest BCUT2D eigenvalue weighted by atomic mass is 10.4. The fraction of sp³-hybridized carbons (Fsp3) is 0.364. The van der Waals surface area contributed by atoms with E-state index >= 15 is 0 Å². The van der Waals surface area contributed by atoms with E-state index in [2.05, 4.69) is 24.9 Å². The SMILES string of the molecule is Cc1nnsc1C(=O)NCc1nccc(N(C)C)n1. The van der Waals surface area contributed by atoms with Crippen LogP contribution in [-0.4, -0.2) is 39.6 Å². The molecule has 19 heavy (non-hydrogen) atoms. The number of nitrogens with zero attached hydrogens (tertiary/aromatic N) is 5. The van der Waals surface area contributed by atoms with Crippen LogP contribution in [0.3, 0.4) is 0 Å². The van der Waals surface area contributed by atoms with Crippen LogP contribution in [0, 0.1) is 6.92 Å². The van der Waals surface area contributed by atoms with Crippen molar-refractivity contribution in [1.82, 2.24) is 24.9 Å². The van der Waals surface area contributed by atoms with Gasteiger partial charge in [0.2, 0.25) is 0 Å². The van der Waals surface area contributed by atoms with Gasteiger partial charge >= 0.3 is 0 Å². The van der Waals surface area contributed by atoms with Gasteiger partial charge in [-0.15, -0.1) is 5.10 Å². The minimum Gasteiger partial charge on any atom is -0.363 e. The van der Waals surface area contributed by atoms with E-state index in [-0.39, 0.29) is 12.5 Å². The van der Waals surface area contributed by atoms with E-state index in [1.54, 1.807) is 13.1 Å². The highest BCUT2D eigenvalue weighted by atomic mass is 32.1. The number of rotatable bonds is 4. The molecule has 0 atom stereocenters. The molecule has 0 fully saturated rings. The van der Waals surface area contributed by atoms with E-state index in [9.17, 15) is 4.79 Å². The van der Waals surface area contributed by atoms with Gasteiger partial charge in [-0.1, -0.05) is 4.49 Å². The second-order valence-corrected chi connectivity index (χ2v) is 4.85. The van der Waals surface area contributed by atoms with Crippen molar-refractivity contribution in [3.63, 3.8) is 0 Å². The summed E-state index contributed by atoms with van der Waals surface area (Å²) in [6.07, 6.45) is 1.67. The van der Waals surface area contributed by atoms with Gasteiger partial charge in [-0.3, -0.25) is 4.79 Å². The first-order chi connectivity index (χ1) is 9.08. The number of hydrogen-bond acceptors (Lipinski definition) is 7. The second-order valence-electron chi connectivity index (χ2n) is 4.10. The number of aryl methyl sites for hydroxylation is 1. The molecule has 0 saturated carbocycles. The zero-order chi connectivity index (χ0) is 13.8. The van der Waals surface area contributed by atoms with E-state index in [1.165, 1.54) is 0 Å². The average molecular weight is 278 g/mol. The first kappa shape index (κ1) is 13.3. The molecule has 2 aromatic heterocycles. The highest BCUT2D eigenvalue weighted by Crippen LogP contribution is 2.09. The van der Waals surface area contributed by atoms with Gasteiger partial charge in [-0.05, 0) is 24.5 Å². The predicted octanol–water partition coefficient (Wildman–Crippen LogP) is 0.633. The lowest BCUT2D eigenvalue weighted by molar-refractivity contribution is 0.0953. The Morgan fingerprint density at radius 1 is 1.47 bits per heavy atom. The molecule has 0 unspecified atom stereocenters. The monoisotopic (exact) mass is 278 g/mol. The fourth-order valence-electron chi connectivity index (χ4n) is 1.40. The molecule has 2 aromatic rings. The zero-order valence-corrected chi connectivity index (χ0v) is 11.7. The van der Waals surface area contributed by atoms with Crippen molar-refractivity contribution >= 4 is 23.3 Å². The van der Waals surface area contributed by atoms with Gasteiger partial charge in [0.1, 0.15) is 16.5 Å². The van der Waals surface area contributed by atoms with Gasteiger partial charge in [0, 0.05) is 20.3 Å². The minimum atomic E-state index is -0.202. The van der Waals surface area contributed by atoms with Crippen molar-refractivity contribution < 1.29 is 4.79 Å². The number of amides is 1. The van der Waals surface area contributed by atoms with Gasteiger partial charge in [-0.2, -0.15) is 0 Å². The van der Waals surface area contributed by atoms with E-state index in [0.29, 0.717) is 16.4 Å². The molecule has 100 valence electrons. The summed E-state index contributed by atoms with van der Waals surface area (Å²) in [6.45, 7) is 2.03. The maximum atomic E-state index is 11.9. The molecule has 0 aliphatic rings. The first-order valence-corrected chi connectivity index (χ1v) is 6.41. The topological polar surface area (TPSA) is 83.9 Å². The highest BCUT2D eigenvalue weighted by Gasteiger charge is 2.13. The Morgan fingerprint density at radius 3 is 2.89 bits per heavy atom. The summed E-state index contributed by atoms with van der Waals surface area (Å²) in [7, 11) is 3.80. The molecule has 0 aliphatic heterocycles. The lowest BCUT2D eigenvalue weighted by Crippen LogP contribution is -2.24. The molecule has 0 bridgehead atoms. The molecule has 2 rings (SSSR count). The molecule has 1 amide bonds. The van der Waals surface area contributed by atoms with Crippen molar-refractivity contribution in [2.45, 2.75) is 13.5 Å². The fourth-order valence-corrected chi connectivity index (χ4v) is 1.97. The summed E-state index contributed by atoms with van der Waals surface area (Å²) in [5.74, 6) is 1.16. The maximum Gasteiger partial charge on any atom is 0.265 e. The van der Waals surface area contributed by atoms with Crippen molar-refractivity contribution in [3.8, 4) is 0 Å². The van der Waals surface area contributed by atoms with Crippen LogP contribution in [0.1, 0.15) is 21.2 Å². The van der Waals surface area contributed by atoms with Crippen LogP contribution in [0.2, 0.25) is 0 Å². The Bertz CT molecular complexity index is 582. The molecule has 2 heterocycles. The number of carbonyl (C=O) groups excluding carboxylic acids is 1. The van der Waals surface area contributed by atoms with E-state index in [1.807, 2.05) is 25.1 Å². The van der Waals surface area contributed by atoms with Crippen molar-refractivity contribution in [1.29, 1.82) is 0 Å². The van der Waals surface area contributed by atoms with E-state index in [0.717, 1.165) is 17.4 Å². The van der Waals surface area contributed by atoms with Crippen LogP contribution in [0.15, 0.2) is 12.3 Å². The Hall–Kier alpha value is -2.09. The quantitative estimate of drug-likeness (QED) is 0.883. The summed E-state index contributed by atoms with van der Waals surface area (Å²) in [5.41, 5.74) is 0.630. The van der Waals surface area contributed by atoms with Crippen LogP contribution in [0.25, 0.3) is 0 Å². The van der Waals surface area contributed by atoms with Gasteiger partial charge in [0.15, 0.2) is 0 Å². The molecule has 0 spiro atoms. The minimum absolute atomic E-state index is 0.202. The van der Waals surface area contributed by atoms with Crippen LogP contribution in [-0.2, 0) is 6.54 Å². The van der Waals surface area contributed by atoms with Crippen LogP contribution in [0.5, 0.6) is 0 Å². The Balaban J connectivity index is 2.01. The molecule has 0 aromatic carbocycles.